The van der Waals surface area contributed by atoms with Gasteiger partial charge in [0.05, 0.1) is 20.0 Å². The van der Waals surface area contributed by atoms with Crippen LogP contribution in [0.1, 0.15) is 28.2 Å². The van der Waals surface area contributed by atoms with E-state index in [9.17, 15) is 14.0 Å². The largest absolute Gasteiger partial charge is 0.497 e. The van der Waals surface area contributed by atoms with Crippen molar-refractivity contribution in [3.63, 3.8) is 0 Å². The lowest BCUT2D eigenvalue weighted by Crippen LogP contribution is -2.40. The van der Waals surface area contributed by atoms with Crippen molar-refractivity contribution in [1.82, 2.24) is 9.80 Å². The normalized spacial score (nSPS) is 15.9. The average molecular weight is 433 g/mol. The Morgan fingerprint density at radius 2 is 1.93 bits per heavy atom. The molecule has 1 heterocycles. The van der Waals surface area contributed by atoms with Crippen molar-refractivity contribution in [2.24, 2.45) is 0 Å². The van der Waals surface area contributed by atoms with E-state index < -0.39 is 0 Å². The van der Waals surface area contributed by atoms with E-state index in [2.05, 4.69) is 0 Å². The van der Waals surface area contributed by atoms with Gasteiger partial charge in [0.15, 0.2) is 0 Å². The summed E-state index contributed by atoms with van der Waals surface area (Å²) in [4.78, 5) is 28.8. The van der Waals surface area contributed by atoms with Crippen molar-refractivity contribution in [3.05, 3.63) is 59.4 Å². The zero-order chi connectivity index (χ0) is 21.7. The first kappa shape index (κ1) is 22.0. The Morgan fingerprint density at radius 1 is 1.20 bits per heavy atom. The third-order valence-corrected chi connectivity index (χ3v) is 6.28. The first-order valence-corrected chi connectivity index (χ1v) is 10.7. The highest BCUT2D eigenvalue weighted by molar-refractivity contribution is 8.00. The highest BCUT2D eigenvalue weighted by Crippen LogP contribution is 2.43. The fourth-order valence-corrected chi connectivity index (χ4v) is 4.63. The van der Waals surface area contributed by atoms with Crippen LogP contribution in [0.25, 0.3) is 0 Å². The third kappa shape index (κ3) is 4.70. The van der Waals surface area contributed by atoms with Crippen LogP contribution < -0.4 is 9.47 Å². The van der Waals surface area contributed by atoms with Crippen molar-refractivity contribution in [2.75, 3.05) is 39.6 Å². The predicted molar refractivity (Wildman–Crippen MR) is 114 cm³/mol. The van der Waals surface area contributed by atoms with Crippen molar-refractivity contribution >= 4 is 23.6 Å². The number of carbonyl (C=O) groups is 2. The summed E-state index contributed by atoms with van der Waals surface area (Å²) in [5, 5.41) is -0.220. The van der Waals surface area contributed by atoms with Crippen LogP contribution in [0.5, 0.6) is 11.5 Å². The summed E-state index contributed by atoms with van der Waals surface area (Å²) in [7, 11) is 3.19. The molecule has 0 spiro atoms. The maximum absolute atomic E-state index is 13.2. The van der Waals surface area contributed by atoms with Crippen LogP contribution in [-0.4, -0.2) is 61.2 Å². The number of amides is 2. The van der Waals surface area contributed by atoms with Gasteiger partial charge in [-0.05, 0) is 49.4 Å². The minimum absolute atomic E-state index is 0.0140. The molecule has 8 heteroatoms. The number of hydrogen-bond acceptors (Lipinski definition) is 5. The Labute approximate surface area is 179 Å². The molecule has 1 unspecified atom stereocenters. The molecule has 0 aliphatic carbocycles. The summed E-state index contributed by atoms with van der Waals surface area (Å²) in [6.07, 6.45) is 0. The van der Waals surface area contributed by atoms with Gasteiger partial charge >= 0.3 is 0 Å². The summed E-state index contributed by atoms with van der Waals surface area (Å²) in [5.41, 5.74) is 1.28. The SMILES string of the molecule is CCN(CCN1C(=O)CSC1c1cc(OC)ccc1OC)C(=O)c1ccc(F)cc1. The molecule has 160 valence electrons. The molecule has 2 aromatic rings. The summed E-state index contributed by atoms with van der Waals surface area (Å²) in [6, 6.07) is 11.0. The van der Waals surface area contributed by atoms with Gasteiger partial charge in [-0.3, -0.25) is 9.59 Å². The number of methoxy groups -OCH3 is 2. The monoisotopic (exact) mass is 432 g/mol. The van der Waals surface area contributed by atoms with E-state index in [1.54, 1.807) is 24.0 Å². The van der Waals surface area contributed by atoms with Gasteiger partial charge in [-0.2, -0.15) is 0 Å². The van der Waals surface area contributed by atoms with Crippen molar-refractivity contribution in [1.29, 1.82) is 0 Å². The second-order valence-electron chi connectivity index (χ2n) is 6.75. The average Bonchev–Trinajstić information content (AvgIpc) is 3.14. The molecule has 6 nitrogen and oxygen atoms in total. The smallest absolute Gasteiger partial charge is 0.253 e. The minimum atomic E-state index is -0.385. The summed E-state index contributed by atoms with van der Waals surface area (Å²) >= 11 is 1.52. The van der Waals surface area contributed by atoms with E-state index in [-0.39, 0.29) is 23.0 Å². The van der Waals surface area contributed by atoms with Crippen LogP contribution in [0.15, 0.2) is 42.5 Å². The molecule has 1 fully saturated rings. The Kier molecular flexibility index (Phi) is 7.20. The number of benzene rings is 2. The quantitative estimate of drug-likeness (QED) is 0.638. The molecule has 0 bridgehead atoms. The summed E-state index contributed by atoms with van der Waals surface area (Å²) < 4.78 is 24.0. The number of likely N-dealkylation sites (N-methyl/N-ethyl adjacent to an activating group) is 1. The van der Waals surface area contributed by atoms with Crippen LogP contribution in [0.2, 0.25) is 0 Å². The van der Waals surface area contributed by atoms with Crippen molar-refractivity contribution in [2.45, 2.75) is 12.3 Å². The molecule has 0 aromatic heterocycles. The summed E-state index contributed by atoms with van der Waals surface area (Å²) in [6.45, 7) is 3.13. The molecule has 0 radical (unpaired) electrons. The van der Waals surface area contributed by atoms with E-state index in [4.69, 9.17) is 9.47 Å². The van der Waals surface area contributed by atoms with Gasteiger partial charge in [0.2, 0.25) is 5.91 Å². The van der Waals surface area contributed by atoms with Gasteiger partial charge in [0.25, 0.3) is 5.91 Å². The Balaban J connectivity index is 1.76. The third-order valence-electron chi connectivity index (χ3n) is 5.04. The van der Waals surface area contributed by atoms with Gasteiger partial charge in [0.1, 0.15) is 22.7 Å². The lowest BCUT2D eigenvalue weighted by molar-refractivity contribution is -0.128. The molecule has 1 aliphatic rings. The lowest BCUT2D eigenvalue weighted by atomic mass is 10.1. The fraction of sp³-hybridized carbons (Fsp3) is 0.364. The topological polar surface area (TPSA) is 59.1 Å². The zero-order valence-corrected chi connectivity index (χ0v) is 18.1. The van der Waals surface area contributed by atoms with Gasteiger partial charge in [-0.15, -0.1) is 11.8 Å². The lowest BCUT2D eigenvalue weighted by Gasteiger charge is -2.29. The molecule has 1 aliphatic heterocycles. The molecule has 0 saturated carbocycles. The molecule has 1 atom stereocenters. The Bertz CT molecular complexity index is 907. The van der Waals surface area contributed by atoms with E-state index in [0.29, 0.717) is 42.4 Å². The highest BCUT2D eigenvalue weighted by Gasteiger charge is 2.35. The Morgan fingerprint density at radius 3 is 2.57 bits per heavy atom. The van der Waals surface area contributed by atoms with Gasteiger partial charge in [-0.1, -0.05) is 0 Å². The summed E-state index contributed by atoms with van der Waals surface area (Å²) in [5.74, 6) is 1.18. The van der Waals surface area contributed by atoms with Gasteiger partial charge in [0, 0.05) is 30.8 Å². The number of thioether (sulfide) groups is 1. The van der Waals surface area contributed by atoms with Crippen LogP contribution in [0, 0.1) is 5.82 Å². The van der Waals surface area contributed by atoms with Gasteiger partial charge in [-0.25, -0.2) is 4.39 Å². The molecule has 0 N–H and O–H groups in total. The van der Waals surface area contributed by atoms with Crippen LogP contribution in [0.4, 0.5) is 4.39 Å². The molecule has 2 aromatic carbocycles. The minimum Gasteiger partial charge on any atom is -0.497 e. The first-order chi connectivity index (χ1) is 14.5. The standard InChI is InChI=1S/C22H25FN2O4S/c1-4-24(21(27)15-5-7-16(23)8-6-15)11-12-25-20(26)14-30-22(25)18-13-17(28-2)9-10-19(18)29-3/h5-10,13,22H,4,11-12,14H2,1-3H3. The second kappa shape index (κ2) is 9.84. The molecular formula is C22H25FN2O4S. The number of ether oxygens (including phenoxy) is 2. The number of halogens is 1. The molecule has 3 rings (SSSR count). The van der Waals surface area contributed by atoms with Crippen LogP contribution >= 0.6 is 11.8 Å². The fourth-order valence-electron chi connectivity index (χ4n) is 3.39. The molecule has 30 heavy (non-hydrogen) atoms. The van der Waals surface area contributed by atoms with E-state index in [0.717, 1.165) is 5.56 Å². The van der Waals surface area contributed by atoms with E-state index in [1.807, 2.05) is 25.1 Å². The number of carbonyl (C=O) groups excluding carboxylic acids is 2. The maximum Gasteiger partial charge on any atom is 0.253 e. The van der Waals surface area contributed by atoms with E-state index in [1.165, 1.54) is 36.0 Å². The van der Waals surface area contributed by atoms with Crippen molar-refractivity contribution in [3.8, 4) is 11.5 Å². The first-order valence-electron chi connectivity index (χ1n) is 9.66. The predicted octanol–water partition coefficient (Wildman–Crippen LogP) is 3.58. The molecule has 2 amide bonds. The second-order valence-corrected chi connectivity index (χ2v) is 7.82. The Hall–Kier alpha value is -2.74. The zero-order valence-electron chi connectivity index (χ0n) is 17.3. The molecule has 1 saturated heterocycles. The van der Waals surface area contributed by atoms with Crippen molar-refractivity contribution < 1.29 is 23.5 Å². The number of hydrogen-bond donors (Lipinski definition) is 0. The number of rotatable bonds is 8. The van der Waals surface area contributed by atoms with Crippen LogP contribution in [0.3, 0.4) is 0 Å². The van der Waals surface area contributed by atoms with Crippen LogP contribution in [-0.2, 0) is 4.79 Å². The highest BCUT2D eigenvalue weighted by atomic mass is 32.2. The molecular weight excluding hydrogens is 407 g/mol. The number of nitrogens with zero attached hydrogens (tertiary/aromatic N) is 2. The van der Waals surface area contributed by atoms with Gasteiger partial charge < -0.3 is 19.3 Å². The van der Waals surface area contributed by atoms with E-state index >= 15 is 0 Å². The maximum atomic E-state index is 13.2.